The zero-order chi connectivity index (χ0) is 20.3. The number of alkyl halides is 2. The highest BCUT2D eigenvalue weighted by Crippen LogP contribution is 2.43. The van der Waals surface area contributed by atoms with Gasteiger partial charge in [0.15, 0.2) is 0 Å². The van der Waals surface area contributed by atoms with Crippen LogP contribution in [0.2, 0.25) is 0 Å². The Bertz CT molecular complexity index is 842. The summed E-state index contributed by atoms with van der Waals surface area (Å²) < 4.78 is 48.5. The van der Waals surface area contributed by atoms with E-state index >= 15 is 0 Å². The SMILES string of the molecule is NC1=N[C@](C(F)F)(C2CC(NC(=O)c3ccc(Br)cn3)=CC=C2F)CCOC1. The number of allylic oxidation sites excluding steroid dienone is 3. The van der Waals surface area contributed by atoms with Crippen molar-refractivity contribution in [3.05, 3.63) is 52.2 Å². The second kappa shape index (κ2) is 8.44. The predicted octanol–water partition coefficient (Wildman–Crippen LogP) is 3.11. The lowest BCUT2D eigenvalue weighted by atomic mass is 9.76. The highest BCUT2D eigenvalue weighted by molar-refractivity contribution is 9.10. The molecule has 0 bridgehead atoms. The van der Waals surface area contributed by atoms with Crippen LogP contribution in [0.1, 0.15) is 23.3 Å². The van der Waals surface area contributed by atoms with E-state index in [1.165, 1.54) is 18.3 Å². The molecule has 28 heavy (non-hydrogen) atoms. The number of rotatable bonds is 4. The number of amides is 1. The average molecular weight is 459 g/mol. The first kappa shape index (κ1) is 20.5. The molecule has 2 aliphatic rings. The van der Waals surface area contributed by atoms with Crippen LogP contribution in [0, 0.1) is 5.92 Å². The summed E-state index contributed by atoms with van der Waals surface area (Å²) >= 11 is 3.22. The van der Waals surface area contributed by atoms with E-state index in [2.05, 4.69) is 31.2 Å². The molecule has 0 saturated heterocycles. The van der Waals surface area contributed by atoms with Crippen molar-refractivity contribution in [1.29, 1.82) is 0 Å². The van der Waals surface area contributed by atoms with Gasteiger partial charge in [-0.1, -0.05) is 0 Å². The standard InChI is InChI=1S/C18H18BrF3N4O2/c19-10-1-4-14(24-8-10)16(27)25-11-2-3-13(20)12(7-11)18(17(21)22)5-6-28-9-15(23)26-18/h1-4,8,12,17H,5-7,9H2,(H2,23,26)(H,25,27)/t12?,18-/m0/s1. The molecule has 1 aromatic rings. The molecule has 1 aliphatic carbocycles. The van der Waals surface area contributed by atoms with Crippen molar-refractivity contribution >= 4 is 27.7 Å². The highest BCUT2D eigenvalue weighted by atomic mass is 79.9. The smallest absolute Gasteiger partial charge is 0.273 e. The molecule has 0 radical (unpaired) electrons. The van der Waals surface area contributed by atoms with E-state index in [1.54, 1.807) is 6.07 Å². The van der Waals surface area contributed by atoms with Gasteiger partial charge in [-0.25, -0.2) is 18.2 Å². The normalized spacial score (nSPS) is 25.5. The molecule has 0 saturated carbocycles. The average Bonchev–Trinajstić information content (AvgIpc) is 2.86. The van der Waals surface area contributed by atoms with Gasteiger partial charge in [0.25, 0.3) is 12.3 Å². The third-order valence-corrected chi connectivity index (χ3v) is 5.13. The lowest BCUT2D eigenvalue weighted by Crippen LogP contribution is -2.46. The summed E-state index contributed by atoms with van der Waals surface area (Å²) in [6.07, 6.45) is 0.572. The van der Waals surface area contributed by atoms with Crippen LogP contribution in [0.3, 0.4) is 0 Å². The number of ether oxygens (including phenoxy) is 1. The topological polar surface area (TPSA) is 89.6 Å². The Labute approximate surface area is 167 Å². The van der Waals surface area contributed by atoms with Gasteiger partial charge < -0.3 is 15.8 Å². The number of hydrogen-bond donors (Lipinski definition) is 2. The molecule has 6 nitrogen and oxygen atoms in total. The number of hydrogen-bond acceptors (Lipinski definition) is 5. The predicted molar refractivity (Wildman–Crippen MR) is 101 cm³/mol. The van der Waals surface area contributed by atoms with Crippen molar-refractivity contribution in [2.75, 3.05) is 13.2 Å². The molecule has 10 heteroatoms. The summed E-state index contributed by atoms with van der Waals surface area (Å²) in [5, 5.41) is 2.60. The minimum Gasteiger partial charge on any atom is -0.386 e. The van der Waals surface area contributed by atoms with E-state index in [-0.39, 0.29) is 37.6 Å². The molecule has 0 aromatic carbocycles. The molecule has 3 rings (SSSR count). The number of halogens is 4. The van der Waals surface area contributed by atoms with Crippen molar-refractivity contribution in [3.63, 3.8) is 0 Å². The molecule has 2 heterocycles. The number of aromatic nitrogens is 1. The second-order valence-corrected chi connectivity index (χ2v) is 7.43. The molecule has 1 aromatic heterocycles. The van der Waals surface area contributed by atoms with Crippen LogP contribution in [-0.2, 0) is 4.74 Å². The van der Waals surface area contributed by atoms with Crippen molar-refractivity contribution in [3.8, 4) is 0 Å². The van der Waals surface area contributed by atoms with Gasteiger partial charge in [0, 0.05) is 35.3 Å². The maximum absolute atomic E-state index is 14.6. The molecule has 0 spiro atoms. The Morgan fingerprint density at radius 1 is 1.39 bits per heavy atom. The Balaban J connectivity index is 1.83. The molecule has 2 atom stereocenters. The number of pyridine rings is 1. The monoisotopic (exact) mass is 458 g/mol. The first-order valence-electron chi connectivity index (χ1n) is 8.51. The van der Waals surface area contributed by atoms with Crippen molar-refractivity contribution in [1.82, 2.24) is 10.3 Å². The number of nitrogens with one attached hydrogen (secondary N) is 1. The van der Waals surface area contributed by atoms with E-state index in [1.807, 2.05) is 0 Å². The van der Waals surface area contributed by atoms with Crippen LogP contribution in [-0.4, -0.2) is 41.9 Å². The number of aliphatic imine (C=N–C) groups is 1. The zero-order valence-electron chi connectivity index (χ0n) is 14.7. The van der Waals surface area contributed by atoms with Crippen LogP contribution in [0.15, 0.2) is 51.5 Å². The van der Waals surface area contributed by atoms with Crippen LogP contribution < -0.4 is 11.1 Å². The molecule has 150 valence electrons. The second-order valence-electron chi connectivity index (χ2n) is 6.51. The summed E-state index contributed by atoms with van der Waals surface area (Å²) in [5.74, 6) is -2.64. The number of carbonyl (C=O) groups excluding carboxylic acids is 1. The number of nitrogens with zero attached hydrogens (tertiary/aromatic N) is 2. The minimum absolute atomic E-state index is 0.0213. The van der Waals surface area contributed by atoms with Gasteiger partial charge in [-0.15, -0.1) is 0 Å². The molecular formula is C18H18BrF3N4O2. The molecular weight excluding hydrogens is 441 g/mol. The fraction of sp³-hybridized carbons (Fsp3) is 0.389. The fourth-order valence-electron chi connectivity index (χ4n) is 3.24. The summed E-state index contributed by atoms with van der Waals surface area (Å²) in [6.45, 7) is -0.103. The molecule has 1 amide bonds. The van der Waals surface area contributed by atoms with Gasteiger partial charge in [0.1, 0.15) is 29.5 Å². The Kier molecular flexibility index (Phi) is 6.19. The summed E-state index contributed by atoms with van der Waals surface area (Å²) in [4.78, 5) is 20.3. The van der Waals surface area contributed by atoms with E-state index in [9.17, 15) is 18.0 Å². The van der Waals surface area contributed by atoms with Gasteiger partial charge in [-0.05, 0) is 46.6 Å². The third-order valence-electron chi connectivity index (χ3n) is 4.66. The lowest BCUT2D eigenvalue weighted by molar-refractivity contribution is 0.00612. The summed E-state index contributed by atoms with van der Waals surface area (Å²) in [7, 11) is 0. The highest BCUT2D eigenvalue weighted by Gasteiger charge is 2.50. The molecule has 0 fully saturated rings. The quantitative estimate of drug-likeness (QED) is 0.725. The first-order chi connectivity index (χ1) is 13.3. The van der Waals surface area contributed by atoms with E-state index in [4.69, 9.17) is 10.5 Å². The van der Waals surface area contributed by atoms with Crippen molar-refractivity contribution in [2.45, 2.75) is 24.8 Å². The van der Waals surface area contributed by atoms with Crippen molar-refractivity contribution < 1.29 is 22.7 Å². The number of nitrogens with two attached hydrogens (primary N) is 1. The Hall–Kier alpha value is -2.20. The van der Waals surface area contributed by atoms with Gasteiger partial charge in [0.2, 0.25) is 0 Å². The third kappa shape index (κ3) is 4.27. The minimum atomic E-state index is -2.96. The Morgan fingerprint density at radius 3 is 2.86 bits per heavy atom. The van der Waals surface area contributed by atoms with Crippen LogP contribution in [0.5, 0.6) is 0 Å². The van der Waals surface area contributed by atoms with Gasteiger partial charge in [-0.2, -0.15) is 0 Å². The maximum Gasteiger partial charge on any atom is 0.273 e. The lowest BCUT2D eigenvalue weighted by Gasteiger charge is -2.37. The van der Waals surface area contributed by atoms with Crippen LogP contribution in [0.4, 0.5) is 13.2 Å². The molecule has 1 unspecified atom stereocenters. The van der Waals surface area contributed by atoms with Crippen LogP contribution >= 0.6 is 15.9 Å². The number of carbonyl (C=O) groups is 1. The largest absolute Gasteiger partial charge is 0.386 e. The first-order valence-corrected chi connectivity index (χ1v) is 9.30. The molecule has 1 aliphatic heterocycles. The number of amidine groups is 1. The van der Waals surface area contributed by atoms with Gasteiger partial charge in [-0.3, -0.25) is 9.79 Å². The van der Waals surface area contributed by atoms with E-state index in [0.29, 0.717) is 10.2 Å². The zero-order valence-corrected chi connectivity index (χ0v) is 16.3. The van der Waals surface area contributed by atoms with E-state index < -0.39 is 29.6 Å². The van der Waals surface area contributed by atoms with Crippen LogP contribution in [0.25, 0.3) is 0 Å². The Morgan fingerprint density at radius 2 is 2.18 bits per heavy atom. The van der Waals surface area contributed by atoms with Gasteiger partial charge >= 0.3 is 0 Å². The fourth-order valence-corrected chi connectivity index (χ4v) is 3.47. The summed E-state index contributed by atoms with van der Waals surface area (Å²) in [6, 6.07) is 3.15. The summed E-state index contributed by atoms with van der Waals surface area (Å²) in [5.41, 5.74) is 4.04. The van der Waals surface area contributed by atoms with Gasteiger partial charge in [0.05, 0.1) is 0 Å². The maximum atomic E-state index is 14.6. The van der Waals surface area contributed by atoms with Crippen molar-refractivity contribution in [2.24, 2.45) is 16.6 Å². The molecule has 3 N–H and O–H groups in total. The van der Waals surface area contributed by atoms with E-state index in [0.717, 1.165) is 6.08 Å².